The summed E-state index contributed by atoms with van der Waals surface area (Å²) in [5, 5.41) is 2.67. The lowest BCUT2D eigenvalue weighted by molar-refractivity contribution is -0.120. The number of rotatable bonds is 8. The Balaban J connectivity index is 1.71. The van der Waals surface area contributed by atoms with Gasteiger partial charge < -0.3 is 10.1 Å². The molecule has 0 aliphatic heterocycles. The molecule has 0 fully saturated rings. The Morgan fingerprint density at radius 1 is 0.960 bits per heavy atom. The van der Waals surface area contributed by atoms with Gasteiger partial charge in [0.05, 0.1) is 17.2 Å². The fraction of sp³-hybridized carbons (Fsp3) is 0.316. The van der Waals surface area contributed by atoms with E-state index in [9.17, 15) is 13.2 Å². The monoisotopic (exact) mass is 361 g/mol. The van der Waals surface area contributed by atoms with Crippen molar-refractivity contribution in [3.05, 3.63) is 59.7 Å². The first-order valence-electron chi connectivity index (χ1n) is 8.12. The number of ether oxygens (including phenoxy) is 1. The molecule has 2 aromatic carbocycles. The first kappa shape index (κ1) is 19.0. The molecular weight excluding hydrogens is 338 g/mol. The molecule has 2 rings (SSSR count). The molecule has 5 nitrogen and oxygen atoms in total. The van der Waals surface area contributed by atoms with Crippen LogP contribution in [0.25, 0.3) is 0 Å². The normalized spacial score (nSPS) is 11.1. The molecule has 0 bridgehead atoms. The minimum absolute atomic E-state index is 0.0687. The van der Waals surface area contributed by atoms with Crippen molar-refractivity contribution in [1.29, 1.82) is 0 Å². The summed E-state index contributed by atoms with van der Waals surface area (Å²) >= 11 is 0. The van der Waals surface area contributed by atoms with E-state index in [1.165, 1.54) is 0 Å². The molecule has 0 heterocycles. The second-order valence-corrected chi connectivity index (χ2v) is 8.00. The van der Waals surface area contributed by atoms with Crippen LogP contribution in [-0.4, -0.2) is 33.2 Å². The molecule has 1 N–H and O–H groups in total. The Morgan fingerprint density at radius 2 is 1.52 bits per heavy atom. The first-order chi connectivity index (χ1) is 11.9. The van der Waals surface area contributed by atoms with Crippen molar-refractivity contribution in [3.63, 3.8) is 0 Å². The predicted octanol–water partition coefficient (Wildman–Crippen LogP) is 2.66. The predicted molar refractivity (Wildman–Crippen MR) is 97.5 cm³/mol. The van der Waals surface area contributed by atoms with Gasteiger partial charge in [0.15, 0.2) is 9.84 Å². The standard InChI is InChI=1S/C19H23NO4S/c1-15-3-7-17(8-4-15)24-13-12-20-19(21)11-14-25(22,23)18-9-5-16(2)6-10-18/h3-10H,11-14H2,1-2H3,(H,20,21). The Kier molecular flexibility index (Phi) is 6.58. The SMILES string of the molecule is Cc1ccc(OCCNC(=O)CCS(=O)(=O)c2ccc(C)cc2)cc1. The number of hydrogen-bond donors (Lipinski definition) is 1. The molecule has 0 unspecified atom stereocenters. The van der Waals surface area contributed by atoms with Crippen LogP contribution < -0.4 is 10.1 Å². The molecule has 0 radical (unpaired) electrons. The lowest BCUT2D eigenvalue weighted by atomic mass is 10.2. The third-order valence-electron chi connectivity index (χ3n) is 3.69. The van der Waals surface area contributed by atoms with Crippen LogP contribution in [0, 0.1) is 13.8 Å². The Hall–Kier alpha value is -2.34. The zero-order chi connectivity index (χ0) is 18.3. The molecule has 25 heavy (non-hydrogen) atoms. The average Bonchev–Trinajstić information content (AvgIpc) is 2.59. The summed E-state index contributed by atoms with van der Waals surface area (Å²) in [6, 6.07) is 14.3. The Bertz CT molecular complexity index is 796. The van der Waals surface area contributed by atoms with E-state index in [0.717, 1.165) is 16.9 Å². The maximum absolute atomic E-state index is 12.2. The van der Waals surface area contributed by atoms with Crippen LogP contribution >= 0.6 is 0 Å². The van der Waals surface area contributed by atoms with Crippen molar-refractivity contribution >= 4 is 15.7 Å². The molecule has 0 saturated carbocycles. The number of amides is 1. The number of carbonyl (C=O) groups excluding carboxylic acids is 1. The van der Waals surface area contributed by atoms with Gasteiger partial charge in [-0.25, -0.2) is 8.42 Å². The van der Waals surface area contributed by atoms with E-state index in [0.29, 0.717) is 13.2 Å². The smallest absolute Gasteiger partial charge is 0.221 e. The van der Waals surface area contributed by atoms with E-state index in [4.69, 9.17) is 4.74 Å². The molecule has 1 amide bonds. The number of sulfone groups is 1. The highest BCUT2D eigenvalue weighted by Gasteiger charge is 2.16. The fourth-order valence-electron chi connectivity index (χ4n) is 2.17. The maximum Gasteiger partial charge on any atom is 0.221 e. The van der Waals surface area contributed by atoms with Crippen LogP contribution in [0.2, 0.25) is 0 Å². The number of nitrogens with one attached hydrogen (secondary N) is 1. The number of carbonyl (C=O) groups is 1. The van der Waals surface area contributed by atoms with Gasteiger partial charge >= 0.3 is 0 Å². The van der Waals surface area contributed by atoms with Crippen molar-refractivity contribution in [3.8, 4) is 5.75 Å². The van der Waals surface area contributed by atoms with Crippen LogP contribution in [0.1, 0.15) is 17.5 Å². The van der Waals surface area contributed by atoms with Crippen LogP contribution in [0.15, 0.2) is 53.4 Å². The molecule has 2 aromatic rings. The second-order valence-electron chi connectivity index (χ2n) is 5.89. The molecule has 0 atom stereocenters. The maximum atomic E-state index is 12.2. The van der Waals surface area contributed by atoms with Gasteiger partial charge in [0.2, 0.25) is 5.91 Å². The van der Waals surface area contributed by atoms with Gasteiger partial charge in [0, 0.05) is 6.42 Å². The van der Waals surface area contributed by atoms with Crippen LogP contribution in [0.5, 0.6) is 5.75 Å². The van der Waals surface area contributed by atoms with E-state index in [1.807, 2.05) is 38.1 Å². The number of benzene rings is 2. The van der Waals surface area contributed by atoms with Gasteiger partial charge in [-0.2, -0.15) is 0 Å². The van der Waals surface area contributed by atoms with E-state index >= 15 is 0 Å². The molecule has 0 aromatic heterocycles. The summed E-state index contributed by atoms with van der Waals surface area (Å²) in [6.45, 7) is 4.55. The van der Waals surface area contributed by atoms with Gasteiger partial charge in [-0.15, -0.1) is 0 Å². The van der Waals surface area contributed by atoms with Gasteiger partial charge in [0.25, 0.3) is 0 Å². The van der Waals surface area contributed by atoms with Crippen molar-refractivity contribution < 1.29 is 17.9 Å². The molecule has 0 saturated heterocycles. The zero-order valence-corrected chi connectivity index (χ0v) is 15.3. The van der Waals surface area contributed by atoms with E-state index < -0.39 is 9.84 Å². The average molecular weight is 361 g/mol. The number of aryl methyl sites for hydroxylation is 2. The largest absolute Gasteiger partial charge is 0.492 e. The van der Waals surface area contributed by atoms with Crippen molar-refractivity contribution in [2.45, 2.75) is 25.2 Å². The molecule has 0 aliphatic carbocycles. The zero-order valence-electron chi connectivity index (χ0n) is 14.5. The summed E-state index contributed by atoms with van der Waals surface area (Å²) < 4.78 is 29.9. The van der Waals surface area contributed by atoms with Crippen molar-refractivity contribution in [2.24, 2.45) is 0 Å². The summed E-state index contributed by atoms with van der Waals surface area (Å²) in [5.41, 5.74) is 2.14. The summed E-state index contributed by atoms with van der Waals surface area (Å²) in [5.74, 6) is 0.228. The van der Waals surface area contributed by atoms with Crippen LogP contribution in [0.3, 0.4) is 0 Å². The van der Waals surface area contributed by atoms with E-state index in [-0.39, 0.29) is 23.0 Å². The third kappa shape index (κ3) is 6.23. The summed E-state index contributed by atoms with van der Waals surface area (Å²) in [7, 11) is -3.44. The minimum Gasteiger partial charge on any atom is -0.492 e. The van der Waals surface area contributed by atoms with Crippen molar-refractivity contribution in [1.82, 2.24) is 5.32 Å². The first-order valence-corrected chi connectivity index (χ1v) is 9.78. The summed E-state index contributed by atoms with van der Waals surface area (Å²) in [4.78, 5) is 12.0. The number of hydrogen-bond acceptors (Lipinski definition) is 4. The lowest BCUT2D eigenvalue weighted by Gasteiger charge is -2.08. The molecule has 0 aliphatic rings. The lowest BCUT2D eigenvalue weighted by Crippen LogP contribution is -2.29. The molecular formula is C19H23NO4S. The Morgan fingerprint density at radius 3 is 2.12 bits per heavy atom. The fourth-order valence-corrected chi connectivity index (χ4v) is 3.41. The quantitative estimate of drug-likeness (QED) is 0.734. The topological polar surface area (TPSA) is 72.5 Å². The van der Waals surface area contributed by atoms with Crippen LogP contribution in [0.4, 0.5) is 0 Å². The van der Waals surface area contributed by atoms with Gasteiger partial charge in [-0.1, -0.05) is 35.4 Å². The highest BCUT2D eigenvalue weighted by atomic mass is 32.2. The second kappa shape index (κ2) is 8.67. The molecule has 134 valence electrons. The molecule has 0 spiro atoms. The highest BCUT2D eigenvalue weighted by molar-refractivity contribution is 7.91. The summed E-state index contributed by atoms with van der Waals surface area (Å²) in [6.07, 6.45) is -0.0687. The van der Waals surface area contributed by atoms with Gasteiger partial charge in [0.1, 0.15) is 12.4 Å². The third-order valence-corrected chi connectivity index (χ3v) is 5.42. The van der Waals surface area contributed by atoms with Gasteiger partial charge in [-0.3, -0.25) is 4.79 Å². The van der Waals surface area contributed by atoms with Crippen molar-refractivity contribution in [2.75, 3.05) is 18.9 Å². The molecule has 6 heteroatoms. The Labute approximate surface area is 148 Å². The highest BCUT2D eigenvalue weighted by Crippen LogP contribution is 2.13. The van der Waals surface area contributed by atoms with E-state index in [2.05, 4.69) is 5.32 Å². The van der Waals surface area contributed by atoms with E-state index in [1.54, 1.807) is 24.3 Å². The van der Waals surface area contributed by atoms with Crippen LogP contribution in [-0.2, 0) is 14.6 Å². The van der Waals surface area contributed by atoms with Gasteiger partial charge in [-0.05, 0) is 38.1 Å². The minimum atomic E-state index is -3.44.